The van der Waals surface area contributed by atoms with Crippen LogP contribution in [0.2, 0.25) is 0 Å². The third-order valence-electron chi connectivity index (χ3n) is 6.40. The molecule has 3 aliphatic heterocycles. The highest BCUT2D eigenvalue weighted by atomic mass is 16.5. The molecule has 0 radical (unpaired) electrons. The number of nitrogens with zero attached hydrogens (tertiary/aromatic N) is 5. The molecular weight excluding hydrogens is 384 g/mol. The highest BCUT2D eigenvalue weighted by Crippen LogP contribution is 2.39. The smallest absolute Gasteiger partial charge is 0.226 e. The van der Waals surface area contributed by atoms with Gasteiger partial charge in [0.2, 0.25) is 11.8 Å². The molecule has 5 rings (SSSR count). The highest BCUT2D eigenvalue weighted by molar-refractivity contribution is 5.75. The van der Waals surface area contributed by atoms with Crippen molar-refractivity contribution in [3.63, 3.8) is 0 Å². The standard InChI is InChI=1S/C21H30N6O3/c1-2-27-20-16(13-23-27)19(24-15-5-9-29-10-6-15)17(12-22-20)21-26-25-18(30-21)11-14-3-7-28-8-4-14/h12-15,17,19,24H,2-11H2,1H3. The van der Waals surface area contributed by atoms with E-state index in [2.05, 4.69) is 27.5 Å². The van der Waals surface area contributed by atoms with E-state index in [4.69, 9.17) is 18.9 Å². The summed E-state index contributed by atoms with van der Waals surface area (Å²) in [5.74, 6) is 2.70. The van der Waals surface area contributed by atoms with E-state index in [1.54, 1.807) is 0 Å². The van der Waals surface area contributed by atoms with Gasteiger partial charge >= 0.3 is 0 Å². The Kier molecular flexibility index (Phi) is 5.92. The first-order chi connectivity index (χ1) is 14.8. The first-order valence-corrected chi connectivity index (χ1v) is 11.2. The fourth-order valence-electron chi connectivity index (χ4n) is 4.61. The second kappa shape index (κ2) is 8.95. The van der Waals surface area contributed by atoms with Crippen molar-refractivity contribution in [2.45, 2.75) is 63.6 Å². The summed E-state index contributed by atoms with van der Waals surface area (Å²) in [4.78, 5) is 4.72. The molecule has 30 heavy (non-hydrogen) atoms. The van der Waals surface area contributed by atoms with E-state index in [1.807, 2.05) is 17.1 Å². The molecule has 9 nitrogen and oxygen atoms in total. The van der Waals surface area contributed by atoms with Crippen molar-refractivity contribution in [3.05, 3.63) is 23.5 Å². The van der Waals surface area contributed by atoms with Crippen LogP contribution in [0.15, 0.2) is 15.6 Å². The Morgan fingerprint density at radius 2 is 1.83 bits per heavy atom. The minimum atomic E-state index is -0.106. The van der Waals surface area contributed by atoms with Crippen LogP contribution in [-0.4, -0.2) is 58.7 Å². The number of aliphatic imine (C=N–C) groups is 1. The van der Waals surface area contributed by atoms with Crippen molar-refractivity contribution in [1.29, 1.82) is 0 Å². The lowest BCUT2D eigenvalue weighted by Gasteiger charge is -2.32. The van der Waals surface area contributed by atoms with Gasteiger partial charge in [-0.3, -0.25) is 0 Å². The number of hydrogen-bond donors (Lipinski definition) is 1. The molecule has 0 amide bonds. The lowest BCUT2D eigenvalue weighted by molar-refractivity contribution is 0.0645. The number of fused-ring (bicyclic) bond motifs is 1. The highest BCUT2D eigenvalue weighted by Gasteiger charge is 2.36. The molecule has 2 atom stereocenters. The lowest BCUT2D eigenvalue weighted by Crippen LogP contribution is -2.40. The lowest BCUT2D eigenvalue weighted by atomic mass is 9.91. The van der Waals surface area contributed by atoms with Gasteiger partial charge in [-0.25, -0.2) is 9.67 Å². The summed E-state index contributed by atoms with van der Waals surface area (Å²) in [6, 6.07) is 0.400. The minimum absolute atomic E-state index is 0.0114. The maximum Gasteiger partial charge on any atom is 0.226 e. The van der Waals surface area contributed by atoms with Gasteiger partial charge in [0.05, 0.1) is 18.2 Å². The van der Waals surface area contributed by atoms with Crippen LogP contribution in [0.25, 0.3) is 0 Å². The summed E-state index contributed by atoms with van der Waals surface area (Å²) < 4.78 is 19.1. The molecule has 0 aromatic carbocycles. The average Bonchev–Trinajstić information content (AvgIpc) is 3.42. The Labute approximate surface area is 176 Å². The van der Waals surface area contributed by atoms with Crippen LogP contribution in [0, 0.1) is 5.92 Å². The molecule has 0 saturated carbocycles. The third-order valence-corrected chi connectivity index (χ3v) is 6.40. The molecule has 5 heterocycles. The van der Waals surface area contributed by atoms with Crippen molar-refractivity contribution in [1.82, 2.24) is 25.3 Å². The van der Waals surface area contributed by atoms with Crippen LogP contribution < -0.4 is 5.32 Å². The molecule has 0 bridgehead atoms. The first-order valence-electron chi connectivity index (χ1n) is 11.2. The zero-order valence-corrected chi connectivity index (χ0v) is 17.5. The number of aromatic nitrogens is 4. The van der Waals surface area contributed by atoms with Crippen LogP contribution in [-0.2, 0) is 22.4 Å². The average molecular weight is 415 g/mol. The summed E-state index contributed by atoms with van der Waals surface area (Å²) >= 11 is 0. The van der Waals surface area contributed by atoms with Crippen molar-refractivity contribution < 1.29 is 13.9 Å². The molecule has 3 aliphatic rings. The maximum absolute atomic E-state index is 6.15. The zero-order chi connectivity index (χ0) is 20.3. The number of ether oxygens (including phenoxy) is 2. The van der Waals surface area contributed by atoms with Gasteiger partial charge in [0.25, 0.3) is 0 Å². The minimum Gasteiger partial charge on any atom is -0.424 e. The molecule has 2 fully saturated rings. The topological polar surface area (TPSA) is 99.6 Å². The summed E-state index contributed by atoms with van der Waals surface area (Å²) in [6.07, 6.45) is 8.79. The fraction of sp³-hybridized carbons (Fsp3) is 0.714. The summed E-state index contributed by atoms with van der Waals surface area (Å²) in [7, 11) is 0. The van der Waals surface area contributed by atoms with Crippen LogP contribution in [0.1, 0.15) is 61.9 Å². The molecule has 2 aromatic heterocycles. The van der Waals surface area contributed by atoms with Gasteiger partial charge in [0.1, 0.15) is 0 Å². The maximum atomic E-state index is 6.15. The monoisotopic (exact) mass is 414 g/mol. The Morgan fingerprint density at radius 1 is 1.07 bits per heavy atom. The molecule has 162 valence electrons. The summed E-state index contributed by atoms with van der Waals surface area (Å²) in [5.41, 5.74) is 1.10. The Balaban J connectivity index is 1.38. The van der Waals surface area contributed by atoms with Crippen molar-refractivity contribution in [3.8, 4) is 0 Å². The Hall–Kier alpha value is -2.10. The molecule has 0 spiro atoms. The van der Waals surface area contributed by atoms with Crippen LogP contribution in [0.5, 0.6) is 0 Å². The molecule has 2 saturated heterocycles. The Morgan fingerprint density at radius 3 is 2.60 bits per heavy atom. The van der Waals surface area contributed by atoms with Gasteiger partial charge in [-0.15, -0.1) is 10.2 Å². The van der Waals surface area contributed by atoms with Crippen LogP contribution >= 0.6 is 0 Å². The van der Waals surface area contributed by atoms with E-state index in [-0.39, 0.29) is 12.0 Å². The largest absolute Gasteiger partial charge is 0.424 e. The second-order valence-electron chi connectivity index (χ2n) is 8.37. The van der Waals surface area contributed by atoms with Gasteiger partial charge < -0.3 is 19.2 Å². The molecule has 2 aromatic rings. The van der Waals surface area contributed by atoms with E-state index in [0.717, 1.165) is 76.5 Å². The SMILES string of the molecule is CCn1ncc2c1N=CC(c1nnc(CC3CCOCC3)o1)C2NC1CCOCC1. The van der Waals surface area contributed by atoms with Crippen LogP contribution in [0.3, 0.4) is 0 Å². The van der Waals surface area contributed by atoms with Gasteiger partial charge in [-0.05, 0) is 38.5 Å². The number of nitrogens with one attached hydrogen (secondary N) is 1. The number of hydrogen-bond acceptors (Lipinski definition) is 8. The van der Waals surface area contributed by atoms with E-state index in [1.165, 1.54) is 0 Å². The third kappa shape index (κ3) is 4.06. The summed E-state index contributed by atoms with van der Waals surface area (Å²) in [6.45, 7) is 6.10. The normalized spacial score (nSPS) is 25.5. The van der Waals surface area contributed by atoms with Crippen molar-refractivity contribution in [2.24, 2.45) is 10.9 Å². The fourth-order valence-corrected chi connectivity index (χ4v) is 4.61. The molecule has 9 heteroatoms. The van der Waals surface area contributed by atoms with Crippen molar-refractivity contribution >= 4 is 12.0 Å². The summed E-state index contributed by atoms with van der Waals surface area (Å²) in [5, 5.41) is 17.1. The number of rotatable bonds is 6. The van der Waals surface area contributed by atoms with Gasteiger partial charge in [-0.1, -0.05) is 0 Å². The quantitative estimate of drug-likeness (QED) is 0.775. The van der Waals surface area contributed by atoms with Gasteiger partial charge in [-0.2, -0.15) is 5.10 Å². The van der Waals surface area contributed by atoms with E-state index >= 15 is 0 Å². The van der Waals surface area contributed by atoms with Crippen molar-refractivity contribution in [2.75, 3.05) is 26.4 Å². The molecule has 0 aliphatic carbocycles. The van der Waals surface area contributed by atoms with Gasteiger partial charge in [0, 0.05) is 57.2 Å². The number of aryl methyl sites for hydroxylation is 1. The van der Waals surface area contributed by atoms with Crippen LogP contribution in [0.4, 0.5) is 5.82 Å². The predicted octanol–water partition coefficient (Wildman–Crippen LogP) is 2.56. The molecule has 2 unspecified atom stereocenters. The van der Waals surface area contributed by atoms with E-state index in [0.29, 0.717) is 23.7 Å². The van der Waals surface area contributed by atoms with E-state index in [9.17, 15) is 0 Å². The van der Waals surface area contributed by atoms with Gasteiger partial charge in [0.15, 0.2) is 5.82 Å². The first kappa shape index (κ1) is 19.8. The molecular formula is C21H30N6O3. The molecule has 1 N–H and O–H groups in total. The van der Waals surface area contributed by atoms with E-state index < -0.39 is 0 Å². The second-order valence-corrected chi connectivity index (χ2v) is 8.37. The Bertz CT molecular complexity index is 866. The zero-order valence-electron chi connectivity index (χ0n) is 17.5. The predicted molar refractivity (Wildman–Crippen MR) is 110 cm³/mol.